The number of ether oxygens (including phenoxy) is 1. The molecule has 0 bridgehead atoms. The number of anilines is 1. The molecule has 2 heterocycles. The normalized spacial score (nSPS) is 17.9. The van der Waals surface area contributed by atoms with Crippen molar-refractivity contribution in [2.75, 3.05) is 5.32 Å². The zero-order chi connectivity index (χ0) is 21.5. The van der Waals surface area contributed by atoms with Gasteiger partial charge in [-0.05, 0) is 49.2 Å². The molecule has 0 spiro atoms. The molecule has 1 unspecified atom stereocenters. The number of carbonyl (C=O) groups is 2. The number of hydrogen-bond acceptors (Lipinski definition) is 5. The van der Waals surface area contributed by atoms with Crippen LogP contribution in [0.2, 0.25) is 10.0 Å². The molecule has 1 atom stereocenters. The Morgan fingerprint density at radius 2 is 2.03 bits per heavy atom. The molecular formula is C22H18Cl2N2O3S. The van der Waals surface area contributed by atoms with E-state index < -0.39 is 17.5 Å². The van der Waals surface area contributed by atoms with E-state index in [2.05, 4.69) is 10.3 Å². The van der Waals surface area contributed by atoms with Gasteiger partial charge >= 0.3 is 5.97 Å². The average Bonchev–Trinajstić information content (AvgIpc) is 3.03. The number of nitrogens with one attached hydrogen (secondary N) is 1. The Kier molecular flexibility index (Phi) is 5.57. The Morgan fingerprint density at radius 3 is 2.83 bits per heavy atom. The Bertz CT molecular complexity index is 1160. The lowest BCUT2D eigenvalue weighted by Crippen LogP contribution is -2.48. The second-order valence-electron chi connectivity index (χ2n) is 7.35. The second-order valence-corrected chi connectivity index (χ2v) is 9.28. The van der Waals surface area contributed by atoms with Crippen LogP contribution < -0.4 is 5.32 Å². The van der Waals surface area contributed by atoms with E-state index in [1.807, 2.05) is 25.1 Å². The molecule has 4 rings (SSSR count). The first-order valence-electron chi connectivity index (χ1n) is 9.28. The fourth-order valence-electron chi connectivity index (χ4n) is 3.39. The van der Waals surface area contributed by atoms with Crippen LogP contribution in [0, 0.1) is 6.92 Å². The van der Waals surface area contributed by atoms with Gasteiger partial charge in [0, 0.05) is 27.8 Å². The van der Waals surface area contributed by atoms with Crippen molar-refractivity contribution < 1.29 is 14.3 Å². The third-order valence-electron chi connectivity index (χ3n) is 5.04. The van der Waals surface area contributed by atoms with E-state index in [-0.39, 0.29) is 0 Å². The number of cyclic esters (lactones) is 1. The van der Waals surface area contributed by atoms with Crippen LogP contribution in [0.4, 0.5) is 5.13 Å². The number of benzene rings is 2. The number of aryl methyl sites for hydroxylation is 1. The van der Waals surface area contributed by atoms with Gasteiger partial charge in [-0.1, -0.05) is 41.4 Å². The van der Waals surface area contributed by atoms with Gasteiger partial charge in [-0.15, -0.1) is 11.3 Å². The Balaban J connectivity index is 1.52. The highest BCUT2D eigenvalue weighted by atomic mass is 35.5. The SMILES string of the molecule is Cc1nc(NC(=O)C2(C)Cc3ccccc3C(=O)O2)sc1Cc1cc(Cl)ccc1Cl. The molecule has 1 aliphatic heterocycles. The van der Waals surface area contributed by atoms with Crippen LogP contribution in [0.25, 0.3) is 0 Å². The van der Waals surface area contributed by atoms with Crippen molar-refractivity contribution in [1.29, 1.82) is 0 Å². The van der Waals surface area contributed by atoms with Gasteiger partial charge in [0.1, 0.15) is 0 Å². The molecule has 0 saturated carbocycles. The number of halogens is 2. The standard InChI is InChI=1S/C22H18Cl2N2O3S/c1-12-18(10-14-9-15(23)7-8-17(14)24)30-21(25-12)26-20(28)22(2)11-13-5-3-4-6-16(13)19(27)29-22/h3-9H,10-11H2,1-2H3,(H,25,26,28). The summed E-state index contributed by atoms with van der Waals surface area (Å²) in [5.41, 5.74) is 1.66. The summed E-state index contributed by atoms with van der Waals surface area (Å²) < 4.78 is 5.49. The summed E-state index contributed by atoms with van der Waals surface area (Å²) in [6.07, 6.45) is 0.856. The minimum Gasteiger partial charge on any atom is -0.445 e. The van der Waals surface area contributed by atoms with Crippen LogP contribution in [-0.4, -0.2) is 22.5 Å². The maximum atomic E-state index is 13.0. The molecule has 0 radical (unpaired) electrons. The van der Waals surface area contributed by atoms with Crippen molar-refractivity contribution in [1.82, 2.24) is 4.98 Å². The van der Waals surface area contributed by atoms with Gasteiger partial charge in [0.2, 0.25) is 0 Å². The van der Waals surface area contributed by atoms with E-state index in [0.717, 1.165) is 21.7 Å². The molecule has 5 nitrogen and oxygen atoms in total. The fraction of sp³-hybridized carbons (Fsp3) is 0.227. The molecular weight excluding hydrogens is 443 g/mol. The number of aromatic nitrogens is 1. The average molecular weight is 461 g/mol. The number of amides is 1. The smallest absolute Gasteiger partial charge is 0.339 e. The van der Waals surface area contributed by atoms with Gasteiger partial charge in [-0.25, -0.2) is 9.78 Å². The fourth-order valence-corrected chi connectivity index (χ4v) is 4.75. The predicted octanol–water partition coefficient (Wildman–Crippen LogP) is 5.46. The third kappa shape index (κ3) is 4.08. The number of carbonyl (C=O) groups excluding carboxylic acids is 2. The van der Waals surface area contributed by atoms with E-state index in [9.17, 15) is 9.59 Å². The lowest BCUT2D eigenvalue weighted by molar-refractivity contribution is -0.134. The largest absolute Gasteiger partial charge is 0.445 e. The Morgan fingerprint density at radius 1 is 1.27 bits per heavy atom. The zero-order valence-corrected chi connectivity index (χ0v) is 18.6. The van der Waals surface area contributed by atoms with Crippen molar-refractivity contribution in [2.24, 2.45) is 0 Å². The summed E-state index contributed by atoms with van der Waals surface area (Å²) in [6.45, 7) is 3.49. The number of nitrogens with zero attached hydrogens (tertiary/aromatic N) is 1. The monoisotopic (exact) mass is 460 g/mol. The van der Waals surface area contributed by atoms with Gasteiger partial charge < -0.3 is 4.74 Å². The number of esters is 1. The number of hydrogen-bond donors (Lipinski definition) is 1. The molecule has 1 amide bonds. The maximum Gasteiger partial charge on any atom is 0.339 e. The minimum absolute atomic E-state index is 0.302. The van der Waals surface area contributed by atoms with E-state index in [0.29, 0.717) is 33.6 Å². The first-order valence-corrected chi connectivity index (χ1v) is 10.9. The summed E-state index contributed by atoms with van der Waals surface area (Å²) in [6, 6.07) is 12.5. The highest BCUT2D eigenvalue weighted by Crippen LogP contribution is 2.32. The molecule has 30 heavy (non-hydrogen) atoms. The van der Waals surface area contributed by atoms with Crippen LogP contribution in [0.3, 0.4) is 0 Å². The topological polar surface area (TPSA) is 68.3 Å². The highest BCUT2D eigenvalue weighted by Gasteiger charge is 2.43. The molecule has 1 aromatic heterocycles. The van der Waals surface area contributed by atoms with E-state index in [4.69, 9.17) is 27.9 Å². The maximum absolute atomic E-state index is 13.0. The molecule has 3 aromatic rings. The number of thiazole rings is 1. The minimum atomic E-state index is -1.30. The van der Waals surface area contributed by atoms with Crippen molar-refractivity contribution in [3.8, 4) is 0 Å². The van der Waals surface area contributed by atoms with Crippen LogP contribution in [0.1, 0.15) is 39.0 Å². The zero-order valence-electron chi connectivity index (χ0n) is 16.3. The van der Waals surface area contributed by atoms with Crippen LogP contribution in [0.15, 0.2) is 42.5 Å². The summed E-state index contributed by atoms with van der Waals surface area (Å²) in [5.74, 6) is -0.910. The molecule has 154 valence electrons. The predicted molar refractivity (Wildman–Crippen MR) is 119 cm³/mol. The van der Waals surface area contributed by atoms with E-state index >= 15 is 0 Å². The van der Waals surface area contributed by atoms with Gasteiger partial charge in [0.15, 0.2) is 10.7 Å². The van der Waals surface area contributed by atoms with Crippen molar-refractivity contribution in [3.05, 3.63) is 79.8 Å². The first-order chi connectivity index (χ1) is 14.2. The van der Waals surface area contributed by atoms with Crippen molar-refractivity contribution in [2.45, 2.75) is 32.3 Å². The van der Waals surface area contributed by atoms with E-state index in [1.165, 1.54) is 11.3 Å². The molecule has 2 aromatic carbocycles. The Hall–Kier alpha value is -2.41. The van der Waals surface area contributed by atoms with Crippen molar-refractivity contribution in [3.63, 3.8) is 0 Å². The summed E-state index contributed by atoms with van der Waals surface area (Å²) in [5, 5.41) is 4.49. The summed E-state index contributed by atoms with van der Waals surface area (Å²) in [4.78, 5) is 30.7. The van der Waals surface area contributed by atoms with Crippen LogP contribution in [-0.2, 0) is 22.4 Å². The lowest BCUT2D eigenvalue weighted by atomic mass is 9.89. The molecule has 0 fully saturated rings. The van der Waals surface area contributed by atoms with Gasteiger partial charge in [0.05, 0.1) is 11.3 Å². The summed E-state index contributed by atoms with van der Waals surface area (Å²) in [7, 11) is 0. The van der Waals surface area contributed by atoms with Gasteiger partial charge in [-0.2, -0.15) is 0 Å². The van der Waals surface area contributed by atoms with Crippen LogP contribution in [0.5, 0.6) is 0 Å². The first kappa shape index (κ1) is 20.8. The molecule has 8 heteroatoms. The second kappa shape index (κ2) is 8.02. The number of fused-ring (bicyclic) bond motifs is 1. The number of rotatable bonds is 4. The van der Waals surface area contributed by atoms with Crippen molar-refractivity contribution >= 4 is 51.5 Å². The van der Waals surface area contributed by atoms with Gasteiger partial charge in [-0.3, -0.25) is 10.1 Å². The molecule has 1 N–H and O–H groups in total. The van der Waals surface area contributed by atoms with Gasteiger partial charge in [0.25, 0.3) is 5.91 Å². The lowest BCUT2D eigenvalue weighted by Gasteiger charge is -2.32. The highest BCUT2D eigenvalue weighted by molar-refractivity contribution is 7.15. The quantitative estimate of drug-likeness (QED) is 0.524. The third-order valence-corrected chi connectivity index (χ3v) is 6.71. The molecule has 0 aliphatic carbocycles. The molecule has 0 saturated heterocycles. The van der Waals surface area contributed by atoms with E-state index in [1.54, 1.807) is 31.2 Å². The molecule has 1 aliphatic rings. The Labute approximate surface area is 188 Å². The van der Waals surface area contributed by atoms with Crippen LogP contribution >= 0.6 is 34.5 Å². The summed E-state index contributed by atoms with van der Waals surface area (Å²) >= 11 is 13.7.